The van der Waals surface area contributed by atoms with Gasteiger partial charge in [-0.2, -0.15) is 0 Å². The molecule has 0 aromatic rings. The van der Waals surface area contributed by atoms with E-state index in [9.17, 15) is 0 Å². The fraction of sp³-hybridized carbons (Fsp3) is 0.917. The second-order valence-electron chi connectivity index (χ2n) is 5.13. The third kappa shape index (κ3) is 4.47. The van der Waals surface area contributed by atoms with E-state index in [0.29, 0.717) is 18.0 Å². The van der Waals surface area contributed by atoms with Crippen molar-refractivity contribution in [2.24, 2.45) is 16.6 Å². The predicted molar refractivity (Wildman–Crippen MR) is 79.2 cm³/mol. The van der Waals surface area contributed by atoms with Crippen LogP contribution in [0.5, 0.6) is 0 Å². The molecule has 0 aromatic heterocycles. The maximum absolute atomic E-state index is 5.90. The van der Waals surface area contributed by atoms with Gasteiger partial charge in [-0.15, -0.1) is 24.0 Å². The molecule has 2 aliphatic carbocycles. The Hall–Kier alpha value is 0. The van der Waals surface area contributed by atoms with E-state index >= 15 is 0 Å². The average Bonchev–Trinajstić information content (AvgIpc) is 2.91. The van der Waals surface area contributed by atoms with Gasteiger partial charge in [-0.1, -0.05) is 32.6 Å². The summed E-state index contributed by atoms with van der Waals surface area (Å²) in [5.74, 6) is 1.43. The largest absolute Gasteiger partial charge is 0.370 e. The summed E-state index contributed by atoms with van der Waals surface area (Å²) in [6.07, 6.45) is 9.18. The molecule has 0 aliphatic heterocycles. The van der Waals surface area contributed by atoms with Crippen molar-refractivity contribution in [1.82, 2.24) is 5.32 Å². The Balaban J connectivity index is 0.00000128. The molecular weight excluding hydrogens is 313 g/mol. The molecule has 3 N–H and O–H groups in total. The van der Waals surface area contributed by atoms with Crippen LogP contribution in [-0.4, -0.2) is 18.0 Å². The van der Waals surface area contributed by atoms with Gasteiger partial charge in [0.05, 0.1) is 6.04 Å². The summed E-state index contributed by atoms with van der Waals surface area (Å²) in [4.78, 5) is 4.48. The molecule has 0 saturated heterocycles. The first-order valence-electron chi connectivity index (χ1n) is 6.35. The van der Waals surface area contributed by atoms with Crippen molar-refractivity contribution in [3.05, 3.63) is 0 Å². The summed E-state index contributed by atoms with van der Waals surface area (Å²) in [5, 5.41) is 3.38. The molecule has 0 bridgehead atoms. The number of rotatable bonds is 2. The van der Waals surface area contributed by atoms with Crippen LogP contribution in [0.15, 0.2) is 4.99 Å². The zero-order valence-corrected chi connectivity index (χ0v) is 12.4. The van der Waals surface area contributed by atoms with Gasteiger partial charge in [0, 0.05) is 6.04 Å². The van der Waals surface area contributed by atoms with Crippen molar-refractivity contribution in [3.8, 4) is 0 Å². The number of guanidine groups is 1. The first-order valence-corrected chi connectivity index (χ1v) is 6.35. The number of nitrogens with zero attached hydrogens (tertiary/aromatic N) is 1. The summed E-state index contributed by atoms with van der Waals surface area (Å²) in [6, 6.07) is 1.08. The monoisotopic (exact) mass is 337 g/mol. The van der Waals surface area contributed by atoms with Crippen molar-refractivity contribution in [2.45, 2.75) is 64.0 Å². The third-order valence-electron chi connectivity index (χ3n) is 3.58. The number of aliphatic imine (C=N–C) groups is 1. The summed E-state index contributed by atoms with van der Waals surface area (Å²) in [7, 11) is 0. The minimum atomic E-state index is 0. The molecule has 16 heavy (non-hydrogen) atoms. The van der Waals surface area contributed by atoms with E-state index in [-0.39, 0.29) is 24.0 Å². The molecule has 0 spiro atoms. The lowest BCUT2D eigenvalue weighted by Crippen LogP contribution is -2.40. The molecule has 2 aliphatic rings. The van der Waals surface area contributed by atoms with E-state index in [2.05, 4.69) is 17.2 Å². The number of nitrogens with one attached hydrogen (secondary N) is 1. The minimum Gasteiger partial charge on any atom is -0.370 e. The summed E-state index contributed by atoms with van der Waals surface area (Å²) < 4.78 is 0. The molecular formula is C12H24IN3. The summed E-state index contributed by atoms with van der Waals surface area (Å²) >= 11 is 0. The van der Waals surface area contributed by atoms with Crippen LogP contribution in [-0.2, 0) is 0 Å². The highest BCUT2D eigenvalue weighted by atomic mass is 127. The fourth-order valence-electron chi connectivity index (χ4n) is 2.33. The van der Waals surface area contributed by atoms with Crippen LogP contribution in [0.2, 0.25) is 0 Å². The van der Waals surface area contributed by atoms with Gasteiger partial charge in [-0.3, -0.25) is 0 Å². The van der Waals surface area contributed by atoms with Crippen LogP contribution < -0.4 is 11.1 Å². The molecule has 2 atom stereocenters. The van der Waals surface area contributed by atoms with Crippen molar-refractivity contribution in [3.63, 3.8) is 0 Å². The summed E-state index contributed by atoms with van der Waals surface area (Å²) in [5.41, 5.74) is 5.90. The Morgan fingerprint density at radius 2 is 1.75 bits per heavy atom. The van der Waals surface area contributed by atoms with Crippen LogP contribution >= 0.6 is 24.0 Å². The van der Waals surface area contributed by atoms with E-state index in [1.807, 2.05) is 0 Å². The van der Waals surface area contributed by atoms with E-state index in [1.165, 1.54) is 44.9 Å². The maximum Gasteiger partial charge on any atom is 0.189 e. The van der Waals surface area contributed by atoms with E-state index in [0.717, 1.165) is 5.92 Å². The van der Waals surface area contributed by atoms with Crippen LogP contribution in [0.25, 0.3) is 0 Å². The summed E-state index contributed by atoms with van der Waals surface area (Å²) in [6.45, 7) is 2.23. The molecule has 4 heteroatoms. The zero-order valence-electron chi connectivity index (χ0n) is 10.1. The Morgan fingerprint density at radius 1 is 1.19 bits per heavy atom. The quantitative estimate of drug-likeness (QED) is 0.352. The Labute approximate surface area is 116 Å². The molecule has 0 heterocycles. The lowest BCUT2D eigenvalue weighted by molar-refractivity contribution is 0.530. The van der Waals surface area contributed by atoms with Crippen molar-refractivity contribution in [2.75, 3.05) is 0 Å². The highest BCUT2D eigenvalue weighted by molar-refractivity contribution is 14.0. The number of hydrogen-bond acceptors (Lipinski definition) is 1. The average molecular weight is 337 g/mol. The molecule has 2 saturated carbocycles. The first kappa shape index (κ1) is 14.1. The highest BCUT2D eigenvalue weighted by Gasteiger charge is 2.32. The third-order valence-corrected chi connectivity index (χ3v) is 3.58. The fourth-order valence-corrected chi connectivity index (χ4v) is 2.33. The molecule has 2 unspecified atom stereocenters. The highest BCUT2D eigenvalue weighted by Crippen LogP contribution is 2.32. The second kappa shape index (κ2) is 6.67. The normalized spacial score (nSPS) is 31.4. The molecule has 94 valence electrons. The van der Waals surface area contributed by atoms with Crippen LogP contribution in [0, 0.1) is 5.92 Å². The van der Waals surface area contributed by atoms with E-state index in [1.54, 1.807) is 0 Å². The molecule has 3 nitrogen and oxygen atoms in total. The molecule has 2 rings (SSSR count). The Bertz CT molecular complexity index is 234. The van der Waals surface area contributed by atoms with E-state index in [4.69, 9.17) is 5.73 Å². The Morgan fingerprint density at radius 3 is 2.25 bits per heavy atom. The zero-order chi connectivity index (χ0) is 10.7. The van der Waals surface area contributed by atoms with E-state index < -0.39 is 0 Å². The van der Waals surface area contributed by atoms with Gasteiger partial charge >= 0.3 is 0 Å². The SMILES string of the molecule is CC1CC1N=C(N)NC1CCCCCC1.I. The molecule has 0 aromatic carbocycles. The Kier molecular flexibility index (Phi) is 5.86. The van der Waals surface area contributed by atoms with Gasteiger partial charge in [0.2, 0.25) is 0 Å². The topological polar surface area (TPSA) is 50.4 Å². The van der Waals surface area contributed by atoms with Gasteiger partial charge in [-0.25, -0.2) is 4.99 Å². The van der Waals surface area contributed by atoms with Gasteiger partial charge in [0.25, 0.3) is 0 Å². The van der Waals surface area contributed by atoms with Crippen molar-refractivity contribution < 1.29 is 0 Å². The first-order chi connectivity index (χ1) is 7.25. The van der Waals surface area contributed by atoms with Crippen LogP contribution in [0.4, 0.5) is 0 Å². The lowest BCUT2D eigenvalue weighted by atomic mass is 10.1. The number of hydrogen-bond donors (Lipinski definition) is 2. The predicted octanol–water partition coefficient (Wildman–Crippen LogP) is 2.64. The molecule has 0 amide bonds. The van der Waals surface area contributed by atoms with Crippen LogP contribution in [0.1, 0.15) is 51.9 Å². The van der Waals surface area contributed by atoms with Gasteiger partial charge in [0.1, 0.15) is 0 Å². The van der Waals surface area contributed by atoms with Gasteiger partial charge in [0.15, 0.2) is 5.96 Å². The number of halogens is 1. The van der Waals surface area contributed by atoms with Gasteiger partial charge in [-0.05, 0) is 25.2 Å². The van der Waals surface area contributed by atoms with Gasteiger partial charge < -0.3 is 11.1 Å². The van der Waals surface area contributed by atoms with Crippen molar-refractivity contribution in [1.29, 1.82) is 0 Å². The molecule has 2 fully saturated rings. The lowest BCUT2D eigenvalue weighted by Gasteiger charge is -2.16. The molecule has 0 radical (unpaired) electrons. The maximum atomic E-state index is 5.90. The van der Waals surface area contributed by atoms with Crippen LogP contribution in [0.3, 0.4) is 0 Å². The second-order valence-corrected chi connectivity index (χ2v) is 5.13. The smallest absolute Gasteiger partial charge is 0.189 e. The number of nitrogens with two attached hydrogens (primary N) is 1. The standard InChI is InChI=1S/C12H23N3.HI/c1-9-8-11(9)15-12(13)14-10-6-4-2-3-5-7-10;/h9-11H,2-8H2,1H3,(H3,13,14,15);1H. The van der Waals surface area contributed by atoms with Crippen molar-refractivity contribution >= 4 is 29.9 Å². The minimum absolute atomic E-state index is 0.